The van der Waals surface area contributed by atoms with Gasteiger partial charge in [0.25, 0.3) is 0 Å². The average molecular weight is 481 g/mol. The van der Waals surface area contributed by atoms with Gasteiger partial charge in [-0.25, -0.2) is 4.79 Å². The van der Waals surface area contributed by atoms with E-state index in [0.717, 1.165) is 50.3 Å². The first kappa shape index (κ1) is 24.2. The van der Waals surface area contributed by atoms with Crippen LogP contribution >= 0.6 is 0 Å². The van der Waals surface area contributed by atoms with Crippen molar-refractivity contribution in [2.75, 3.05) is 45.9 Å². The first-order valence-corrected chi connectivity index (χ1v) is 13.0. The topological polar surface area (TPSA) is 79.3 Å². The minimum atomic E-state index is -0.577. The molecule has 188 valence electrons. The molecule has 1 aromatic carbocycles. The molecule has 1 N–H and O–H groups in total. The lowest BCUT2D eigenvalue weighted by molar-refractivity contribution is -0.140. The summed E-state index contributed by atoms with van der Waals surface area (Å²) >= 11 is 0. The number of rotatable bonds is 6. The number of allylic oxidation sites excluding steroid dienone is 1. The van der Waals surface area contributed by atoms with Crippen LogP contribution in [0.2, 0.25) is 0 Å². The molecular weight excluding hydrogens is 444 g/mol. The van der Waals surface area contributed by atoms with Crippen LogP contribution < -0.4 is 0 Å². The van der Waals surface area contributed by atoms with Gasteiger partial charge in [-0.05, 0) is 36.6 Å². The molecule has 7 heteroatoms. The van der Waals surface area contributed by atoms with E-state index < -0.39 is 6.10 Å². The Morgan fingerprint density at radius 1 is 1.06 bits per heavy atom. The number of ether oxygens (including phenoxy) is 2. The van der Waals surface area contributed by atoms with Gasteiger partial charge in [0, 0.05) is 50.7 Å². The van der Waals surface area contributed by atoms with E-state index in [2.05, 4.69) is 22.8 Å². The van der Waals surface area contributed by atoms with Gasteiger partial charge in [0.2, 0.25) is 0 Å². The van der Waals surface area contributed by atoms with E-state index >= 15 is 0 Å². The first-order chi connectivity index (χ1) is 17.0. The monoisotopic (exact) mass is 480 g/mol. The summed E-state index contributed by atoms with van der Waals surface area (Å²) in [6, 6.07) is 5.48. The third kappa shape index (κ3) is 5.68. The van der Waals surface area contributed by atoms with Gasteiger partial charge >= 0.3 is 11.9 Å². The Labute approximate surface area is 207 Å². The molecule has 3 unspecified atom stereocenters. The molecule has 3 heterocycles. The zero-order valence-electron chi connectivity index (χ0n) is 20.6. The van der Waals surface area contributed by atoms with Crippen molar-refractivity contribution in [3.05, 3.63) is 58.2 Å². The number of esters is 2. The molecule has 0 amide bonds. The van der Waals surface area contributed by atoms with Crippen LogP contribution in [0.4, 0.5) is 0 Å². The quantitative estimate of drug-likeness (QED) is 0.626. The largest absolute Gasteiger partial charge is 0.465 e. The Balaban J connectivity index is 0.000000786. The van der Waals surface area contributed by atoms with Crippen molar-refractivity contribution in [2.24, 2.45) is 11.8 Å². The second-order valence-electron chi connectivity index (χ2n) is 10.3. The number of nitrogens with zero attached hydrogens (tertiary/aromatic N) is 2. The van der Waals surface area contributed by atoms with E-state index in [-0.39, 0.29) is 23.8 Å². The number of aliphatic hydroxyl groups is 1. The zero-order chi connectivity index (χ0) is 24.4. The molecule has 0 radical (unpaired) electrons. The molecule has 35 heavy (non-hydrogen) atoms. The Hall–Kier alpha value is -2.48. The molecule has 0 bridgehead atoms. The van der Waals surface area contributed by atoms with Gasteiger partial charge in [-0.1, -0.05) is 43.1 Å². The molecule has 2 aliphatic carbocycles. The summed E-state index contributed by atoms with van der Waals surface area (Å²) in [6.45, 7) is 8.32. The number of piperazine rings is 1. The average Bonchev–Trinajstić information content (AvgIpc) is 3.65. The summed E-state index contributed by atoms with van der Waals surface area (Å²) < 4.78 is 10.3. The number of hydrogen-bond acceptors (Lipinski definition) is 7. The summed E-state index contributed by atoms with van der Waals surface area (Å²) in [5.74, 6) is -0.251. The molecule has 0 spiro atoms. The van der Waals surface area contributed by atoms with Gasteiger partial charge in [0.1, 0.15) is 6.61 Å². The molecule has 3 atom stereocenters. The number of aliphatic hydroxyl groups excluding tert-OH is 1. The van der Waals surface area contributed by atoms with Crippen molar-refractivity contribution in [1.82, 2.24) is 9.80 Å². The highest BCUT2D eigenvalue weighted by atomic mass is 16.5. The summed E-state index contributed by atoms with van der Waals surface area (Å²) in [7, 11) is 0. The van der Waals surface area contributed by atoms with Crippen molar-refractivity contribution >= 4 is 11.9 Å². The van der Waals surface area contributed by atoms with E-state index in [1.807, 2.05) is 18.2 Å². The van der Waals surface area contributed by atoms with Crippen LogP contribution in [-0.4, -0.2) is 72.7 Å². The maximum absolute atomic E-state index is 11.8. The van der Waals surface area contributed by atoms with E-state index in [1.165, 1.54) is 30.4 Å². The van der Waals surface area contributed by atoms with Gasteiger partial charge in [-0.3, -0.25) is 9.69 Å². The normalized spacial score (nSPS) is 26.5. The fraction of sp³-hybridized carbons (Fsp3) is 0.571. The highest BCUT2D eigenvalue weighted by Crippen LogP contribution is 2.36. The minimum absolute atomic E-state index is 0.0904. The number of benzene rings is 1. The summed E-state index contributed by atoms with van der Waals surface area (Å²) in [5.41, 5.74) is 4.93. The molecule has 6 rings (SSSR count). The van der Waals surface area contributed by atoms with Crippen molar-refractivity contribution in [2.45, 2.75) is 45.3 Å². The lowest BCUT2D eigenvalue weighted by Crippen LogP contribution is -2.47. The molecule has 5 aliphatic rings. The predicted octanol–water partition coefficient (Wildman–Crippen LogP) is 3.24. The van der Waals surface area contributed by atoms with Gasteiger partial charge < -0.3 is 19.5 Å². The van der Waals surface area contributed by atoms with E-state index in [1.54, 1.807) is 6.07 Å². The van der Waals surface area contributed by atoms with Crippen LogP contribution in [0, 0.1) is 11.8 Å². The number of cyclic esters (lactones) is 2. The Kier molecular flexibility index (Phi) is 7.37. The van der Waals surface area contributed by atoms with Crippen LogP contribution in [-0.2, 0) is 20.9 Å². The summed E-state index contributed by atoms with van der Waals surface area (Å²) in [4.78, 5) is 28.2. The lowest BCUT2D eigenvalue weighted by Gasteiger charge is -2.36. The smallest absolute Gasteiger partial charge is 0.338 e. The van der Waals surface area contributed by atoms with Crippen molar-refractivity contribution < 1.29 is 24.2 Å². The highest BCUT2D eigenvalue weighted by Gasteiger charge is 2.38. The molecule has 3 aliphatic heterocycles. The van der Waals surface area contributed by atoms with Crippen molar-refractivity contribution in [1.29, 1.82) is 0 Å². The second-order valence-corrected chi connectivity index (χ2v) is 10.3. The zero-order valence-corrected chi connectivity index (χ0v) is 20.6. The SMILES string of the molecule is C1CC1.CC1=C(CCN2CCN(CC(O)c3ccc4c(c3)COC4=O)CC2)C=CC2C(=O)OCC12. The molecule has 1 aromatic rings. The number of carbonyl (C=O) groups is 2. The fourth-order valence-electron chi connectivity index (χ4n) is 5.20. The maximum atomic E-state index is 11.8. The summed E-state index contributed by atoms with van der Waals surface area (Å²) in [6.07, 6.45) is 9.04. The Bertz CT molecular complexity index is 1020. The number of fused-ring (bicyclic) bond motifs is 2. The number of carbonyl (C=O) groups excluding carboxylic acids is 2. The van der Waals surface area contributed by atoms with E-state index in [4.69, 9.17) is 9.47 Å². The van der Waals surface area contributed by atoms with Gasteiger partial charge in [0.15, 0.2) is 0 Å². The van der Waals surface area contributed by atoms with Crippen LogP contribution in [0.5, 0.6) is 0 Å². The van der Waals surface area contributed by atoms with Crippen LogP contribution in [0.1, 0.15) is 60.2 Å². The van der Waals surface area contributed by atoms with Gasteiger partial charge in [-0.2, -0.15) is 0 Å². The second kappa shape index (κ2) is 10.6. The third-order valence-corrected chi connectivity index (χ3v) is 7.72. The number of hydrogen-bond donors (Lipinski definition) is 1. The van der Waals surface area contributed by atoms with Crippen LogP contribution in [0.3, 0.4) is 0 Å². The van der Waals surface area contributed by atoms with E-state index in [9.17, 15) is 14.7 Å². The first-order valence-electron chi connectivity index (χ1n) is 13.0. The maximum Gasteiger partial charge on any atom is 0.338 e. The van der Waals surface area contributed by atoms with Crippen LogP contribution in [0.15, 0.2) is 41.5 Å². The third-order valence-electron chi connectivity index (χ3n) is 7.72. The molecular formula is C28H36N2O5. The molecule has 7 nitrogen and oxygen atoms in total. The van der Waals surface area contributed by atoms with Crippen molar-refractivity contribution in [3.63, 3.8) is 0 Å². The Morgan fingerprint density at radius 3 is 2.54 bits per heavy atom. The van der Waals surface area contributed by atoms with E-state index in [0.29, 0.717) is 25.3 Å². The van der Waals surface area contributed by atoms with Gasteiger partial charge in [0.05, 0.1) is 24.2 Å². The minimum Gasteiger partial charge on any atom is -0.465 e. The molecule has 0 aromatic heterocycles. The fourth-order valence-corrected chi connectivity index (χ4v) is 5.20. The standard InChI is InChI=1S/C25H30N2O5.C3H6/c1-16-17(2-5-21-22(16)15-32-25(21)30)6-7-26-8-10-27(11-9-26)13-23(28)18-3-4-20-19(12-18)14-31-24(20)29;1-2-3-1/h2-5,12,21-23,28H,6-11,13-15H2,1H3;1-3H2. The highest BCUT2D eigenvalue weighted by molar-refractivity contribution is 5.93. The predicted molar refractivity (Wildman–Crippen MR) is 132 cm³/mol. The summed E-state index contributed by atoms with van der Waals surface area (Å²) in [5, 5.41) is 10.7. The molecule has 2 saturated heterocycles. The van der Waals surface area contributed by atoms with Crippen LogP contribution in [0.25, 0.3) is 0 Å². The molecule has 1 saturated carbocycles. The number of β-amino-alcohol motifs (C(OH)–C–C–N with tert-alkyl or cyclic N) is 1. The van der Waals surface area contributed by atoms with Gasteiger partial charge in [-0.15, -0.1) is 0 Å². The molecule has 3 fully saturated rings. The van der Waals surface area contributed by atoms with Crippen molar-refractivity contribution in [3.8, 4) is 0 Å². The Morgan fingerprint density at radius 2 is 1.80 bits per heavy atom. The lowest BCUT2D eigenvalue weighted by atomic mass is 9.81.